The summed E-state index contributed by atoms with van der Waals surface area (Å²) in [7, 11) is 1.91. The van der Waals surface area contributed by atoms with Gasteiger partial charge >= 0.3 is 5.97 Å². The molecule has 0 spiro atoms. The number of hydrogen-bond acceptors (Lipinski definition) is 4. The van der Waals surface area contributed by atoms with Crippen molar-refractivity contribution < 1.29 is 14.3 Å². The van der Waals surface area contributed by atoms with Crippen LogP contribution in [0.4, 0.5) is 0 Å². The molecule has 0 radical (unpaired) electrons. The van der Waals surface area contributed by atoms with Gasteiger partial charge in [0, 0.05) is 24.2 Å². The van der Waals surface area contributed by atoms with E-state index in [0.717, 1.165) is 36.2 Å². The molecule has 0 N–H and O–H groups in total. The molecule has 1 heterocycles. The zero-order chi connectivity index (χ0) is 24.1. The minimum Gasteiger partial charge on any atom is -0.461 e. The summed E-state index contributed by atoms with van der Waals surface area (Å²) in [6.07, 6.45) is 6.73. The van der Waals surface area contributed by atoms with Crippen LogP contribution < -0.4 is 0 Å². The lowest BCUT2D eigenvalue weighted by atomic mass is 9.94. The Labute approximate surface area is 201 Å². The van der Waals surface area contributed by atoms with Crippen molar-refractivity contribution in [1.82, 2.24) is 14.7 Å². The van der Waals surface area contributed by atoms with E-state index in [9.17, 15) is 9.59 Å². The second kappa shape index (κ2) is 10.7. The number of rotatable bonds is 7. The molecule has 1 aliphatic rings. The van der Waals surface area contributed by atoms with Crippen molar-refractivity contribution in [1.29, 1.82) is 0 Å². The Morgan fingerprint density at radius 1 is 1.00 bits per heavy atom. The number of carbonyl (C=O) groups excluding carboxylic acids is 2. The monoisotopic (exact) mass is 459 g/mol. The van der Waals surface area contributed by atoms with Crippen LogP contribution >= 0.6 is 0 Å². The van der Waals surface area contributed by atoms with Crippen LogP contribution in [0.5, 0.6) is 0 Å². The Hall–Kier alpha value is -3.41. The molecule has 34 heavy (non-hydrogen) atoms. The van der Waals surface area contributed by atoms with E-state index in [4.69, 9.17) is 4.74 Å². The highest BCUT2D eigenvalue weighted by Crippen LogP contribution is 2.26. The number of carbonyl (C=O) groups is 2. The Morgan fingerprint density at radius 2 is 1.68 bits per heavy atom. The van der Waals surface area contributed by atoms with Gasteiger partial charge in [-0.2, -0.15) is 5.10 Å². The highest BCUT2D eigenvalue weighted by molar-refractivity contribution is 5.94. The predicted molar refractivity (Wildman–Crippen MR) is 133 cm³/mol. The lowest BCUT2D eigenvalue weighted by Gasteiger charge is -2.31. The second-order valence-electron chi connectivity index (χ2n) is 8.85. The van der Waals surface area contributed by atoms with E-state index in [2.05, 4.69) is 24.2 Å². The van der Waals surface area contributed by atoms with Crippen molar-refractivity contribution in [3.63, 3.8) is 0 Å². The quantitative estimate of drug-likeness (QED) is 0.426. The van der Waals surface area contributed by atoms with Crippen molar-refractivity contribution in [2.45, 2.75) is 58.4 Å². The first-order valence-electron chi connectivity index (χ1n) is 12.3. The van der Waals surface area contributed by atoms with Crippen LogP contribution in [-0.2, 0) is 11.2 Å². The Balaban J connectivity index is 1.64. The molecular formula is C28H33N3O3. The summed E-state index contributed by atoms with van der Waals surface area (Å²) >= 11 is 0. The molecule has 0 atom stereocenters. The average Bonchev–Trinajstić information content (AvgIpc) is 3.34. The zero-order valence-electron chi connectivity index (χ0n) is 20.3. The second-order valence-corrected chi connectivity index (χ2v) is 8.85. The molecule has 178 valence electrons. The SMILES string of the molecule is CCOC(=O)c1cc(-c2ccc(CC)cc2)n(-c2ccc(C(=O)N(C)C3CCCCC3)cc2)n1. The number of amides is 1. The molecule has 0 aliphatic heterocycles. The largest absolute Gasteiger partial charge is 0.461 e. The maximum Gasteiger partial charge on any atom is 0.358 e. The summed E-state index contributed by atoms with van der Waals surface area (Å²) in [6.45, 7) is 4.18. The Bertz CT molecular complexity index is 1130. The molecule has 1 aliphatic carbocycles. The highest BCUT2D eigenvalue weighted by Gasteiger charge is 2.23. The summed E-state index contributed by atoms with van der Waals surface area (Å²) in [6, 6.07) is 17.8. The van der Waals surface area contributed by atoms with Crippen LogP contribution in [0.2, 0.25) is 0 Å². The molecule has 6 nitrogen and oxygen atoms in total. The first-order valence-corrected chi connectivity index (χ1v) is 12.3. The molecule has 0 bridgehead atoms. The summed E-state index contributed by atoms with van der Waals surface area (Å²) < 4.78 is 6.92. The van der Waals surface area contributed by atoms with Gasteiger partial charge in [0.05, 0.1) is 18.0 Å². The van der Waals surface area contributed by atoms with Gasteiger partial charge in [-0.25, -0.2) is 9.48 Å². The summed E-state index contributed by atoms with van der Waals surface area (Å²) in [5.74, 6) is -0.407. The number of ether oxygens (including phenoxy) is 1. The van der Waals surface area contributed by atoms with Crippen molar-refractivity contribution in [3.05, 3.63) is 71.4 Å². The van der Waals surface area contributed by atoms with E-state index in [1.807, 2.05) is 48.3 Å². The first-order chi connectivity index (χ1) is 16.5. The van der Waals surface area contributed by atoms with E-state index in [1.165, 1.54) is 24.8 Å². The molecule has 0 saturated heterocycles. The Kier molecular flexibility index (Phi) is 7.46. The number of aromatic nitrogens is 2. The number of nitrogens with zero attached hydrogens (tertiary/aromatic N) is 3. The lowest BCUT2D eigenvalue weighted by Crippen LogP contribution is -2.38. The van der Waals surface area contributed by atoms with Gasteiger partial charge in [-0.05, 0) is 62.1 Å². The summed E-state index contributed by atoms with van der Waals surface area (Å²) in [4.78, 5) is 27.3. The van der Waals surface area contributed by atoms with E-state index in [-0.39, 0.29) is 18.2 Å². The van der Waals surface area contributed by atoms with Gasteiger partial charge < -0.3 is 9.64 Å². The molecule has 2 aromatic carbocycles. The topological polar surface area (TPSA) is 64.4 Å². The fourth-order valence-electron chi connectivity index (χ4n) is 4.58. The average molecular weight is 460 g/mol. The third-order valence-corrected chi connectivity index (χ3v) is 6.65. The molecule has 1 amide bonds. The van der Waals surface area contributed by atoms with E-state index >= 15 is 0 Å². The third-order valence-electron chi connectivity index (χ3n) is 6.65. The number of aryl methyl sites for hydroxylation is 1. The van der Waals surface area contributed by atoms with Crippen LogP contribution in [0.15, 0.2) is 54.6 Å². The molecule has 1 saturated carbocycles. The minimum atomic E-state index is -0.450. The minimum absolute atomic E-state index is 0.0431. The molecule has 4 rings (SSSR count). The predicted octanol–water partition coefficient (Wildman–Crippen LogP) is 5.68. The molecule has 3 aromatic rings. The van der Waals surface area contributed by atoms with Gasteiger partial charge in [-0.1, -0.05) is 50.5 Å². The summed E-state index contributed by atoms with van der Waals surface area (Å²) in [5, 5.41) is 4.55. The molecule has 1 fully saturated rings. The summed E-state index contributed by atoms with van der Waals surface area (Å²) in [5.41, 5.74) is 4.69. The normalized spacial score (nSPS) is 14.1. The maximum absolute atomic E-state index is 13.0. The van der Waals surface area contributed by atoms with E-state index in [0.29, 0.717) is 11.6 Å². The molecule has 6 heteroatoms. The highest BCUT2D eigenvalue weighted by atomic mass is 16.5. The van der Waals surface area contributed by atoms with Crippen LogP contribution in [0.3, 0.4) is 0 Å². The van der Waals surface area contributed by atoms with Crippen LogP contribution in [-0.4, -0.2) is 46.3 Å². The van der Waals surface area contributed by atoms with Crippen LogP contribution in [0.1, 0.15) is 72.4 Å². The number of benzene rings is 2. The van der Waals surface area contributed by atoms with E-state index < -0.39 is 5.97 Å². The molecular weight excluding hydrogens is 426 g/mol. The van der Waals surface area contributed by atoms with Crippen molar-refractivity contribution in [2.24, 2.45) is 0 Å². The maximum atomic E-state index is 13.0. The van der Waals surface area contributed by atoms with Gasteiger partial charge in [0.1, 0.15) is 0 Å². The fraction of sp³-hybridized carbons (Fsp3) is 0.393. The van der Waals surface area contributed by atoms with Gasteiger partial charge in [0.25, 0.3) is 5.91 Å². The molecule has 1 aromatic heterocycles. The van der Waals surface area contributed by atoms with Gasteiger partial charge in [0.15, 0.2) is 5.69 Å². The fourth-order valence-corrected chi connectivity index (χ4v) is 4.58. The first kappa shape index (κ1) is 23.7. The van der Waals surface area contributed by atoms with Crippen molar-refractivity contribution in [2.75, 3.05) is 13.7 Å². The smallest absolute Gasteiger partial charge is 0.358 e. The van der Waals surface area contributed by atoms with Crippen molar-refractivity contribution >= 4 is 11.9 Å². The van der Waals surface area contributed by atoms with Gasteiger partial charge in [0.2, 0.25) is 0 Å². The lowest BCUT2D eigenvalue weighted by molar-refractivity contribution is 0.0518. The Morgan fingerprint density at radius 3 is 2.29 bits per heavy atom. The van der Waals surface area contributed by atoms with E-state index in [1.54, 1.807) is 17.7 Å². The van der Waals surface area contributed by atoms with Crippen LogP contribution in [0.25, 0.3) is 16.9 Å². The number of esters is 1. The van der Waals surface area contributed by atoms with Crippen LogP contribution in [0, 0.1) is 0 Å². The number of hydrogen-bond donors (Lipinski definition) is 0. The van der Waals surface area contributed by atoms with Crippen molar-refractivity contribution in [3.8, 4) is 16.9 Å². The molecule has 0 unspecified atom stereocenters. The third kappa shape index (κ3) is 5.06. The standard InChI is InChI=1S/C28H33N3O3/c1-4-20-11-13-21(14-12-20)26-19-25(28(33)34-5-2)29-31(26)24-17-15-22(16-18-24)27(32)30(3)23-9-7-6-8-10-23/h11-19,23H,4-10H2,1-3H3. The van der Waals surface area contributed by atoms with Gasteiger partial charge in [-0.3, -0.25) is 4.79 Å². The van der Waals surface area contributed by atoms with Gasteiger partial charge in [-0.15, -0.1) is 0 Å². The zero-order valence-corrected chi connectivity index (χ0v) is 20.3.